The smallest absolute Gasteiger partial charge is 0.237 e. The molecule has 0 aromatic rings. The normalized spacial score (nSPS) is 33.5. The lowest BCUT2D eigenvalue weighted by atomic mass is 9.85. The van der Waals surface area contributed by atoms with Crippen LogP contribution in [0.25, 0.3) is 0 Å². The molecule has 1 saturated heterocycles. The first-order valence-electron chi connectivity index (χ1n) is 6.70. The van der Waals surface area contributed by atoms with Crippen LogP contribution >= 0.6 is 0 Å². The number of hydrogen-bond donors (Lipinski definition) is 2. The fourth-order valence-electron chi connectivity index (χ4n) is 3.09. The third-order valence-electron chi connectivity index (χ3n) is 3.99. The number of amides is 1. The van der Waals surface area contributed by atoms with E-state index in [1.54, 1.807) is 0 Å². The molecule has 2 rings (SSSR count). The Bertz CT molecular complexity index is 307. The summed E-state index contributed by atoms with van der Waals surface area (Å²) in [6.07, 6.45) is 12.0. The maximum absolute atomic E-state index is 12.0. The van der Waals surface area contributed by atoms with Gasteiger partial charge in [0.15, 0.2) is 0 Å². The molecule has 1 saturated carbocycles. The second kappa shape index (κ2) is 5.55. The molecule has 0 spiro atoms. The van der Waals surface area contributed by atoms with E-state index < -0.39 is 0 Å². The second-order valence-electron chi connectivity index (χ2n) is 5.42. The van der Waals surface area contributed by atoms with Gasteiger partial charge in [-0.3, -0.25) is 4.79 Å². The van der Waals surface area contributed by atoms with Crippen LogP contribution in [0.2, 0.25) is 0 Å². The van der Waals surface area contributed by atoms with Crippen LogP contribution in [0.15, 0.2) is 0 Å². The van der Waals surface area contributed by atoms with Gasteiger partial charge >= 0.3 is 0 Å². The number of nitrogens with one attached hydrogen (secondary N) is 2. The van der Waals surface area contributed by atoms with Gasteiger partial charge in [0.05, 0.1) is 6.04 Å². The fourth-order valence-corrected chi connectivity index (χ4v) is 3.09. The number of terminal acetylenes is 1. The fraction of sp³-hybridized carbons (Fsp3) is 0.786. The van der Waals surface area contributed by atoms with Crippen molar-refractivity contribution in [3.8, 4) is 12.3 Å². The van der Waals surface area contributed by atoms with Crippen molar-refractivity contribution in [1.29, 1.82) is 0 Å². The Morgan fingerprint density at radius 2 is 2.29 bits per heavy atom. The van der Waals surface area contributed by atoms with Gasteiger partial charge in [0.2, 0.25) is 5.91 Å². The Labute approximate surface area is 104 Å². The SMILES string of the molecule is C#CCC(C)NC(=O)C1CC2CCCCC2N1. The van der Waals surface area contributed by atoms with Crippen LogP contribution in [-0.4, -0.2) is 24.0 Å². The zero-order chi connectivity index (χ0) is 12.3. The third kappa shape index (κ3) is 3.01. The lowest BCUT2D eigenvalue weighted by molar-refractivity contribution is -0.123. The Kier molecular flexibility index (Phi) is 4.06. The number of rotatable bonds is 3. The molecule has 0 bridgehead atoms. The summed E-state index contributed by atoms with van der Waals surface area (Å²) in [5.74, 6) is 3.42. The van der Waals surface area contributed by atoms with E-state index in [2.05, 4.69) is 16.6 Å². The first kappa shape index (κ1) is 12.4. The molecule has 2 aliphatic rings. The molecule has 0 aromatic heterocycles. The monoisotopic (exact) mass is 234 g/mol. The van der Waals surface area contributed by atoms with Crippen LogP contribution in [0, 0.1) is 18.3 Å². The van der Waals surface area contributed by atoms with E-state index in [0.29, 0.717) is 18.4 Å². The van der Waals surface area contributed by atoms with Crippen molar-refractivity contribution in [2.24, 2.45) is 5.92 Å². The van der Waals surface area contributed by atoms with Crippen molar-refractivity contribution in [3.05, 3.63) is 0 Å². The van der Waals surface area contributed by atoms with Crippen molar-refractivity contribution in [3.63, 3.8) is 0 Å². The molecule has 4 unspecified atom stereocenters. The minimum Gasteiger partial charge on any atom is -0.351 e. The van der Waals surface area contributed by atoms with E-state index in [0.717, 1.165) is 6.42 Å². The van der Waals surface area contributed by atoms with Crippen molar-refractivity contribution in [1.82, 2.24) is 10.6 Å². The standard InChI is InChI=1S/C14H22N2O/c1-3-6-10(2)15-14(17)13-9-11-7-4-5-8-12(11)16-13/h1,10-13,16H,4-9H2,2H3,(H,15,17). The summed E-state index contributed by atoms with van der Waals surface area (Å²) in [6, 6.07) is 0.655. The molecule has 2 N–H and O–H groups in total. The van der Waals surface area contributed by atoms with E-state index in [4.69, 9.17) is 6.42 Å². The van der Waals surface area contributed by atoms with E-state index >= 15 is 0 Å². The van der Waals surface area contributed by atoms with Gasteiger partial charge in [0.1, 0.15) is 0 Å². The maximum atomic E-state index is 12.0. The molecule has 1 aliphatic heterocycles. The van der Waals surface area contributed by atoms with Gasteiger partial charge < -0.3 is 10.6 Å². The first-order valence-corrected chi connectivity index (χ1v) is 6.70. The van der Waals surface area contributed by atoms with E-state index in [-0.39, 0.29) is 18.0 Å². The molecule has 2 fully saturated rings. The van der Waals surface area contributed by atoms with E-state index in [9.17, 15) is 4.79 Å². The van der Waals surface area contributed by atoms with Crippen LogP contribution in [0.5, 0.6) is 0 Å². The first-order chi connectivity index (χ1) is 8.20. The second-order valence-corrected chi connectivity index (χ2v) is 5.42. The van der Waals surface area contributed by atoms with E-state index in [1.165, 1.54) is 25.7 Å². The molecule has 3 heteroatoms. The third-order valence-corrected chi connectivity index (χ3v) is 3.99. The molecule has 0 aromatic carbocycles. The van der Waals surface area contributed by atoms with Gasteiger partial charge in [0, 0.05) is 18.5 Å². The minimum atomic E-state index is 0.00308. The summed E-state index contributed by atoms with van der Waals surface area (Å²) < 4.78 is 0. The number of carbonyl (C=O) groups excluding carboxylic acids is 1. The molecule has 1 amide bonds. The summed E-state index contributed by atoms with van der Waals surface area (Å²) in [5, 5.41) is 6.46. The Hall–Kier alpha value is -1.01. The molecule has 1 aliphatic carbocycles. The number of carbonyl (C=O) groups is 1. The van der Waals surface area contributed by atoms with E-state index in [1.807, 2.05) is 6.92 Å². The summed E-state index contributed by atoms with van der Waals surface area (Å²) in [5.41, 5.74) is 0. The van der Waals surface area contributed by atoms with Gasteiger partial charge in [-0.1, -0.05) is 12.8 Å². The lowest BCUT2D eigenvalue weighted by Gasteiger charge is -2.24. The summed E-state index contributed by atoms with van der Waals surface area (Å²) in [4.78, 5) is 12.0. The van der Waals surface area contributed by atoms with Crippen LogP contribution in [0.1, 0.15) is 45.4 Å². The summed E-state index contributed by atoms with van der Waals surface area (Å²) in [7, 11) is 0. The van der Waals surface area contributed by atoms with Gasteiger partial charge in [-0.2, -0.15) is 0 Å². The average molecular weight is 234 g/mol. The Balaban J connectivity index is 1.83. The summed E-state index contributed by atoms with van der Waals surface area (Å²) in [6.45, 7) is 1.96. The molecule has 94 valence electrons. The Morgan fingerprint density at radius 1 is 1.53 bits per heavy atom. The van der Waals surface area contributed by atoms with Crippen LogP contribution < -0.4 is 10.6 Å². The predicted octanol–water partition coefficient (Wildman–Crippen LogP) is 1.44. The molecule has 17 heavy (non-hydrogen) atoms. The van der Waals surface area contributed by atoms with Crippen molar-refractivity contribution in [2.45, 2.75) is 63.6 Å². The highest BCUT2D eigenvalue weighted by Gasteiger charge is 2.38. The molecular formula is C14H22N2O. The predicted molar refractivity (Wildman–Crippen MR) is 68.3 cm³/mol. The zero-order valence-electron chi connectivity index (χ0n) is 10.5. The van der Waals surface area contributed by atoms with Crippen molar-refractivity contribution in [2.75, 3.05) is 0 Å². The number of hydrogen-bond acceptors (Lipinski definition) is 2. The Morgan fingerprint density at radius 3 is 3.00 bits per heavy atom. The van der Waals surface area contributed by atoms with Gasteiger partial charge in [-0.05, 0) is 32.1 Å². The van der Waals surface area contributed by atoms with Crippen molar-refractivity contribution >= 4 is 5.91 Å². The van der Waals surface area contributed by atoms with Gasteiger partial charge in [-0.15, -0.1) is 12.3 Å². The molecule has 0 radical (unpaired) electrons. The molecular weight excluding hydrogens is 212 g/mol. The van der Waals surface area contributed by atoms with Crippen molar-refractivity contribution < 1.29 is 4.79 Å². The number of fused-ring (bicyclic) bond motifs is 1. The molecule has 1 heterocycles. The maximum Gasteiger partial charge on any atom is 0.237 e. The zero-order valence-corrected chi connectivity index (χ0v) is 10.5. The minimum absolute atomic E-state index is 0.00308. The quantitative estimate of drug-likeness (QED) is 0.725. The highest BCUT2D eigenvalue weighted by atomic mass is 16.2. The highest BCUT2D eigenvalue weighted by molar-refractivity contribution is 5.82. The van der Waals surface area contributed by atoms with Crippen LogP contribution in [-0.2, 0) is 4.79 Å². The largest absolute Gasteiger partial charge is 0.351 e. The highest BCUT2D eigenvalue weighted by Crippen LogP contribution is 2.33. The lowest BCUT2D eigenvalue weighted by Crippen LogP contribution is -2.45. The average Bonchev–Trinajstić information content (AvgIpc) is 2.72. The van der Waals surface area contributed by atoms with Crippen LogP contribution in [0.4, 0.5) is 0 Å². The summed E-state index contributed by atoms with van der Waals surface area (Å²) >= 11 is 0. The van der Waals surface area contributed by atoms with Crippen LogP contribution in [0.3, 0.4) is 0 Å². The van der Waals surface area contributed by atoms with Gasteiger partial charge in [0.25, 0.3) is 0 Å². The van der Waals surface area contributed by atoms with Gasteiger partial charge in [-0.25, -0.2) is 0 Å². The molecule has 3 nitrogen and oxygen atoms in total. The topological polar surface area (TPSA) is 41.1 Å². The molecule has 4 atom stereocenters.